The van der Waals surface area contributed by atoms with Crippen LogP contribution >= 0.6 is 0 Å². The minimum absolute atomic E-state index is 0.770. The molecule has 3 rings (SSSR count). The number of ether oxygens (including phenoxy) is 1. The Balaban J connectivity index is 2.09. The maximum atomic E-state index is 5.35. The van der Waals surface area contributed by atoms with E-state index in [1.54, 1.807) is 6.20 Å². The fourth-order valence-corrected chi connectivity index (χ4v) is 2.01. The predicted octanol–water partition coefficient (Wildman–Crippen LogP) is 0.874. The van der Waals surface area contributed by atoms with Gasteiger partial charge in [-0.25, -0.2) is 9.97 Å². The number of morpholine rings is 1. The average molecular weight is 218 g/mol. The van der Waals surface area contributed by atoms with Gasteiger partial charge in [-0.3, -0.25) is 4.40 Å². The van der Waals surface area contributed by atoms with Crippen LogP contribution in [-0.2, 0) is 4.74 Å². The van der Waals surface area contributed by atoms with Crippen molar-refractivity contribution in [2.24, 2.45) is 0 Å². The Morgan fingerprint density at radius 2 is 2.12 bits per heavy atom. The van der Waals surface area contributed by atoms with Gasteiger partial charge in [-0.15, -0.1) is 0 Å². The first-order chi connectivity index (χ1) is 7.84. The zero-order valence-corrected chi connectivity index (χ0v) is 9.26. The monoisotopic (exact) mass is 218 g/mol. The van der Waals surface area contributed by atoms with Crippen LogP contribution in [0.1, 0.15) is 5.69 Å². The van der Waals surface area contributed by atoms with E-state index in [0.717, 1.165) is 43.6 Å². The zero-order valence-electron chi connectivity index (χ0n) is 9.26. The molecule has 0 amide bonds. The molecule has 84 valence electrons. The maximum absolute atomic E-state index is 5.35. The molecule has 0 bridgehead atoms. The largest absolute Gasteiger partial charge is 0.378 e. The van der Waals surface area contributed by atoms with Crippen LogP contribution in [0.15, 0.2) is 18.5 Å². The quantitative estimate of drug-likeness (QED) is 0.712. The van der Waals surface area contributed by atoms with Gasteiger partial charge in [0.25, 0.3) is 0 Å². The molecule has 0 radical (unpaired) electrons. The second kappa shape index (κ2) is 3.75. The van der Waals surface area contributed by atoms with Crippen molar-refractivity contribution >= 4 is 11.6 Å². The number of aromatic nitrogens is 3. The second-order valence-corrected chi connectivity index (χ2v) is 3.95. The van der Waals surface area contributed by atoms with Gasteiger partial charge in [-0.2, -0.15) is 0 Å². The molecule has 1 aliphatic heterocycles. The first kappa shape index (κ1) is 9.59. The van der Waals surface area contributed by atoms with Crippen molar-refractivity contribution < 1.29 is 4.74 Å². The zero-order chi connectivity index (χ0) is 11.0. The number of rotatable bonds is 1. The van der Waals surface area contributed by atoms with Crippen LogP contribution in [0.3, 0.4) is 0 Å². The molecular weight excluding hydrogens is 204 g/mol. The normalized spacial score (nSPS) is 16.9. The number of anilines is 1. The topological polar surface area (TPSA) is 42.7 Å². The first-order valence-electron chi connectivity index (χ1n) is 5.48. The molecule has 16 heavy (non-hydrogen) atoms. The molecule has 0 aliphatic carbocycles. The summed E-state index contributed by atoms with van der Waals surface area (Å²) in [6.45, 7) is 5.32. The van der Waals surface area contributed by atoms with Crippen LogP contribution in [0.25, 0.3) is 5.65 Å². The summed E-state index contributed by atoms with van der Waals surface area (Å²) < 4.78 is 7.38. The van der Waals surface area contributed by atoms with Crippen LogP contribution in [0.5, 0.6) is 0 Å². The van der Waals surface area contributed by atoms with E-state index in [9.17, 15) is 0 Å². The van der Waals surface area contributed by atoms with Crippen molar-refractivity contribution in [3.05, 3.63) is 24.2 Å². The molecule has 1 aliphatic rings. The number of imidazole rings is 1. The van der Waals surface area contributed by atoms with Crippen molar-refractivity contribution in [1.82, 2.24) is 14.4 Å². The van der Waals surface area contributed by atoms with Crippen molar-refractivity contribution in [3.8, 4) is 0 Å². The van der Waals surface area contributed by atoms with E-state index in [1.165, 1.54) is 0 Å². The van der Waals surface area contributed by atoms with Crippen LogP contribution in [-0.4, -0.2) is 40.7 Å². The van der Waals surface area contributed by atoms with E-state index in [4.69, 9.17) is 4.74 Å². The fourth-order valence-electron chi connectivity index (χ4n) is 2.01. The Labute approximate surface area is 93.7 Å². The third-order valence-corrected chi connectivity index (χ3v) is 2.79. The standard InChI is InChI=1S/C11H14N4O/c1-9-8-10-12-2-3-15(10)11(13-9)14-4-6-16-7-5-14/h2-3,8H,4-7H2,1H3. The fraction of sp³-hybridized carbons (Fsp3) is 0.455. The molecule has 0 unspecified atom stereocenters. The maximum Gasteiger partial charge on any atom is 0.211 e. The predicted molar refractivity (Wildman–Crippen MR) is 60.8 cm³/mol. The SMILES string of the molecule is Cc1cc2nccn2c(N2CCOCC2)n1. The molecule has 1 fully saturated rings. The highest BCUT2D eigenvalue weighted by molar-refractivity contribution is 5.48. The van der Waals surface area contributed by atoms with Gasteiger partial charge in [0, 0.05) is 37.2 Å². The minimum Gasteiger partial charge on any atom is -0.378 e. The lowest BCUT2D eigenvalue weighted by Crippen LogP contribution is -2.38. The summed E-state index contributed by atoms with van der Waals surface area (Å²) in [5.74, 6) is 0.968. The molecule has 0 atom stereocenters. The molecule has 0 spiro atoms. The Morgan fingerprint density at radius 3 is 2.94 bits per heavy atom. The number of fused-ring (bicyclic) bond motifs is 1. The van der Waals surface area contributed by atoms with Gasteiger partial charge in [0.05, 0.1) is 13.2 Å². The number of aryl methyl sites for hydroxylation is 1. The summed E-state index contributed by atoms with van der Waals surface area (Å²) in [5, 5.41) is 0. The van der Waals surface area contributed by atoms with E-state index in [2.05, 4.69) is 14.9 Å². The Hall–Kier alpha value is -1.62. The number of hydrogen-bond acceptors (Lipinski definition) is 4. The van der Waals surface area contributed by atoms with Crippen LogP contribution in [0.4, 0.5) is 5.95 Å². The summed E-state index contributed by atoms with van der Waals surface area (Å²) >= 11 is 0. The van der Waals surface area contributed by atoms with Crippen LogP contribution in [0.2, 0.25) is 0 Å². The third kappa shape index (κ3) is 1.53. The number of nitrogens with zero attached hydrogens (tertiary/aromatic N) is 4. The molecule has 0 N–H and O–H groups in total. The molecule has 1 saturated heterocycles. The second-order valence-electron chi connectivity index (χ2n) is 3.95. The summed E-state index contributed by atoms with van der Waals surface area (Å²) in [4.78, 5) is 11.1. The van der Waals surface area contributed by atoms with Gasteiger partial charge < -0.3 is 9.64 Å². The van der Waals surface area contributed by atoms with Gasteiger partial charge in [-0.1, -0.05) is 0 Å². The van der Waals surface area contributed by atoms with E-state index < -0.39 is 0 Å². The lowest BCUT2D eigenvalue weighted by atomic mass is 10.4. The van der Waals surface area contributed by atoms with Gasteiger partial charge >= 0.3 is 0 Å². The molecule has 5 heteroatoms. The van der Waals surface area contributed by atoms with Crippen molar-refractivity contribution in [2.45, 2.75) is 6.92 Å². The van der Waals surface area contributed by atoms with Crippen molar-refractivity contribution in [1.29, 1.82) is 0 Å². The summed E-state index contributed by atoms with van der Waals surface area (Å²) in [7, 11) is 0. The minimum atomic E-state index is 0.770. The molecule has 0 aromatic carbocycles. The highest BCUT2D eigenvalue weighted by atomic mass is 16.5. The van der Waals surface area contributed by atoms with Gasteiger partial charge in [0.15, 0.2) is 0 Å². The summed E-state index contributed by atoms with van der Waals surface area (Å²) in [6.07, 6.45) is 3.76. The van der Waals surface area contributed by atoms with Crippen LogP contribution < -0.4 is 4.90 Å². The van der Waals surface area contributed by atoms with Gasteiger partial charge in [-0.05, 0) is 6.92 Å². The van der Waals surface area contributed by atoms with Crippen molar-refractivity contribution in [2.75, 3.05) is 31.2 Å². The lowest BCUT2D eigenvalue weighted by Gasteiger charge is -2.28. The Morgan fingerprint density at radius 1 is 1.31 bits per heavy atom. The Kier molecular flexibility index (Phi) is 2.25. The van der Waals surface area contributed by atoms with E-state index >= 15 is 0 Å². The highest BCUT2D eigenvalue weighted by Gasteiger charge is 2.15. The molecule has 0 saturated carbocycles. The van der Waals surface area contributed by atoms with E-state index in [0.29, 0.717) is 0 Å². The van der Waals surface area contributed by atoms with Crippen molar-refractivity contribution in [3.63, 3.8) is 0 Å². The lowest BCUT2D eigenvalue weighted by molar-refractivity contribution is 0.122. The summed E-state index contributed by atoms with van der Waals surface area (Å²) in [5.41, 5.74) is 1.95. The molecule has 5 nitrogen and oxygen atoms in total. The molecule has 2 aromatic rings. The van der Waals surface area contributed by atoms with Gasteiger partial charge in [0.1, 0.15) is 5.65 Å². The van der Waals surface area contributed by atoms with E-state index in [1.807, 2.05) is 23.6 Å². The first-order valence-corrected chi connectivity index (χ1v) is 5.48. The number of hydrogen-bond donors (Lipinski definition) is 0. The smallest absolute Gasteiger partial charge is 0.211 e. The molecule has 2 aromatic heterocycles. The third-order valence-electron chi connectivity index (χ3n) is 2.79. The Bertz CT molecular complexity index is 502. The highest BCUT2D eigenvalue weighted by Crippen LogP contribution is 2.16. The molecular formula is C11H14N4O. The van der Waals surface area contributed by atoms with Crippen LogP contribution in [0, 0.1) is 6.92 Å². The average Bonchev–Trinajstić information content (AvgIpc) is 2.77. The van der Waals surface area contributed by atoms with E-state index in [-0.39, 0.29) is 0 Å². The molecule has 3 heterocycles. The van der Waals surface area contributed by atoms with Gasteiger partial charge in [0.2, 0.25) is 5.95 Å². The summed E-state index contributed by atoms with van der Waals surface area (Å²) in [6, 6.07) is 1.99.